The number of β-amino-alcohol motifs (C(OH)–C–C–N with tert-alkyl or cyclic N) is 1. The van der Waals surface area contributed by atoms with Gasteiger partial charge in [-0.25, -0.2) is 0 Å². The quantitative estimate of drug-likeness (QED) is 0.146. The molecule has 2 aliphatic rings. The Balaban J connectivity index is 1.17. The number of carboxylic acids is 1. The second kappa shape index (κ2) is 17.6. The predicted octanol–water partition coefficient (Wildman–Crippen LogP) is 6.54. The van der Waals surface area contributed by atoms with E-state index < -0.39 is 18.1 Å². The number of amides is 1. The highest BCUT2D eigenvalue weighted by Crippen LogP contribution is 2.36. The summed E-state index contributed by atoms with van der Waals surface area (Å²) in [7, 11) is 0. The highest BCUT2D eigenvalue weighted by Gasteiger charge is 2.29. The van der Waals surface area contributed by atoms with Gasteiger partial charge in [0.05, 0.1) is 29.7 Å². The number of carboxylic acid groups (broad SMARTS) is 1. The van der Waals surface area contributed by atoms with E-state index in [1.807, 2.05) is 54.3 Å². The predicted molar refractivity (Wildman–Crippen MR) is 199 cm³/mol. The van der Waals surface area contributed by atoms with Gasteiger partial charge < -0.3 is 29.3 Å². The van der Waals surface area contributed by atoms with Crippen molar-refractivity contribution in [3.8, 4) is 34.4 Å². The summed E-state index contributed by atoms with van der Waals surface area (Å²) in [6.45, 7) is 4.59. The third-order valence-electron chi connectivity index (χ3n) is 9.78. The number of pyridine rings is 1. The lowest BCUT2D eigenvalue weighted by molar-refractivity contribution is -0.144. The molecule has 276 valence electrons. The van der Waals surface area contributed by atoms with E-state index in [0.29, 0.717) is 72.4 Å². The number of rotatable bonds is 14. The molecule has 1 amide bonds. The number of likely N-dealkylation sites (tertiary alicyclic amines) is 2. The number of carbonyl (C=O) groups excluding carboxylic acids is 1. The summed E-state index contributed by atoms with van der Waals surface area (Å²) in [5, 5.41) is 29.3. The molecular weight excluding hydrogens is 696 g/mol. The number of piperidine rings is 1. The van der Waals surface area contributed by atoms with Gasteiger partial charge in [-0.3, -0.25) is 19.5 Å². The molecule has 2 unspecified atom stereocenters. The smallest absolute Gasteiger partial charge is 0.320 e. The van der Waals surface area contributed by atoms with Crippen LogP contribution in [0.5, 0.6) is 17.2 Å². The van der Waals surface area contributed by atoms with E-state index in [0.717, 1.165) is 40.7 Å². The van der Waals surface area contributed by atoms with Crippen LogP contribution in [-0.4, -0.2) is 75.3 Å². The van der Waals surface area contributed by atoms with Gasteiger partial charge in [-0.15, -0.1) is 0 Å². The standard InChI is InChI=1S/C41H43ClN4O7/c1-27-31(7-5-9-35(27)30-6-4-8-34(17-30)51-15-12-40(48)46-14-11-33(47)24-46)26-53-39-19-38(52-25-29-16-28(20-43)21-44-22-29)32(18-36(39)42)23-45-13-3-2-10-37(45)41(49)50/h4-9,16-19,21-22,33,37,47H,2-3,10-15,23-26H2,1H3,(H,49,50). The van der Waals surface area contributed by atoms with Crippen molar-refractivity contribution in [3.05, 3.63) is 106 Å². The number of nitrogens with zero attached hydrogens (tertiary/aromatic N) is 4. The minimum atomic E-state index is -0.846. The van der Waals surface area contributed by atoms with Crippen LogP contribution in [0, 0.1) is 18.3 Å². The molecule has 0 aliphatic carbocycles. The summed E-state index contributed by atoms with van der Waals surface area (Å²) in [6, 6.07) is 20.5. The van der Waals surface area contributed by atoms with Gasteiger partial charge in [0, 0.05) is 49.2 Å². The van der Waals surface area contributed by atoms with E-state index in [1.165, 1.54) is 6.20 Å². The molecule has 53 heavy (non-hydrogen) atoms. The van der Waals surface area contributed by atoms with Crippen molar-refractivity contribution in [2.45, 2.75) is 70.9 Å². The molecule has 2 saturated heterocycles. The van der Waals surface area contributed by atoms with Gasteiger partial charge in [0.1, 0.15) is 42.6 Å². The maximum atomic E-state index is 12.5. The van der Waals surface area contributed by atoms with Crippen molar-refractivity contribution >= 4 is 23.5 Å². The second-order valence-electron chi connectivity index (χ2n) is 13.5. The van der Waals surface area contributed by atoms with E-state index in [-0.39, 0.29) is 32.1 Å². The van der Waals surface area contributed by atoms with Crippen molar-refractivity contribution < 1.29 is 34.0 Å². The molecular formula is C41H43ClN4O7. The van der Waals surface area contributed by atoms with Crippen molar-refractivity contribution in [1.29, 1.82) is 5.26 Å². The fourth-order valence-electron chi connectivity index (χ4n) is 6.86. The lowest BCUT2D eigenvalue weighted by Crippen LogP contribution is -2.44. The number of benzene rings is 3. The Bertz CT molecular complexity index is 1980. The summed E-state index contributed by atoms with van der Waals surface area (Å²) in [5.74, 6) is 0.711. The number of aromatic nitrogens is 1. The minimum absolute atomic E-state index is 0.0221. The zero-order chi connectivity index (χ0) is 37.3. The highest BCUT2D eigenvalue weighted by atomic mass is 35.5. The molecule has 6 rings (SSSR count). The van der Waals surface area contributed by atoms with Crippen LogP contribution in [0.2, 0.25) is 5.02 Å². The number of ether oxygens (including phenoxy) is 3. The van der Waals surface area contributed by atoms with Gasteiger partial charge in [-0.2, -0.15) is 5.26 Å². The molecule has 1 aromatic heterocycles. The normalized spacial score (nSPS) is 17.3. The van der Waals surface area contributed by atoms with Crippen molar-refractivity contribution in [2.75, 3.05) is 26.2 Å². The number of carbonyl (C=O) groups is 2. The first-order chi connectivity index (χ1) is 25.7. The van der Waals surface area contributed by atoms with Gasteiger partial charge in [0.15, 0.2) is 0 Å². The van der Waals surface area contributed by atoms with Gasteiger partial charge in [0.2, 0.25) is 5.91 Å². The van der Waals surface area contributed by atoms with Crippen LogP contribution in [0.1, 0.15) is 59.9 Å². The summed E-state index contributed by atoms with van der Waals surface area (Å²) in [4.78, 5) is 32.3. The SMILES string of the molecule is Cc1c(COc2cc(OCc3cncc(C#N)c3)c(CN3CCCCC3C(=O)O)cc2Cl)cccc1-c1cccc(OCCC(=O)N2CCC(O)C2)c1. The molecule has 3 heterocycles. The molecule has 2 fully saturated rings. The van der Waals surface area contributed by atoms with E-state index in [9.17, 15) is 25.1 Å². The highest BCUT2D eigenvalue weighted by molar-refractivity contribution is 6.32. The minimum Gasteiger partial charge on any atom is -0.493 e. The van der Waals surface area contributed by atoms with Crippen LogP contribution in [0.3, 0.4) is 0 Å². The van der Waals surface area contributed by atoms with Gasteiger partial charge in [-0.1, -0.05) is 48.4 Å². The molecule has 11 nitrogen and oxygen atoms in total. The number of aliphatic carboxylic acids is 1. The third kappa shape index (κ3) is 9.64. The Morgan fingerprint density at radius 1 is 0.962 bits per heavy atom. The fourth-order valence-corrected chi connectivity index (χ4v) is 7.10. The monoisotopic (exact) mass is 738 g/mol. The summed E-state index contributed by atoms with van der Waals surface area (Å²) in [5.41, 5.74) is 5.81. The maximum absolute atomic E-state index is 12.5. The summed E-state index contributed by atoms with van der Waals surface area (Å²) >= 11 is 6.82. The van der Waals surface area contributed by atoms with E-state index in [2.05, 4.69) is 11.1 Å². The largest absolute Gasteiger partial charge is 0.493 e. The molecule has 2 atom stereocenters. The second-order valence-corrected chi connectivity index (χ2v) is 13.9. The number of aliphatic hydroxyl groups excluding tert-OH is 1. The topological polar surface area (TPSA) is 145 Å². The number of hydrogen-bond acceptors (Lipinski definition) is 9. The average molecular weight is 739 g/mol. The summed E-state index contributed by atoms with van der Waals surface area (Å²) < 4.78 is 18.6. The van der Waals surface area contributed by atoms with Crippen molar-refractivity contribution in [2.24, 2.45) is 0 Å². The lowest BCUT2D eigenvalue weighted by atomic mass is 9.96. The molecule has 0 saturated carbocycles. The van der Waals surface area contributed by atoms with E-state index in [4.69, 9.17) is 25.8 Å². The first kappa shape index (κ1) is 37.6. The molecule has 2 aliphatic heterocycles. The number of nitriles is 1. The van der Waals surface area contributed by atoms with Crippen LogP contribution in [0.4, 0.5) is 0 Å². The molecule has 0 radical (unpaired) electrons. The van der Waals surface area contributed by atoms with E-state index >= 15 is 0 Å². The maximum Gasteiger partial charge on any atom is 0.320 e. The molecule has 3 aromatic carbocycles. The molecule has 12 heteroatoms. The first-order valence-corrected chi connectivity index (χ1v) is 18.2. The fraction of sp³-hybridized carbons (Fsp3) is 0.366. The number of aliphatic hydroxyl groups is 1. The molecule has 2 N–H and O–H groups in total. The number of halogens is 1. The van der Waals surface area contributed by atoms with Gasteiger partial charge in [-0.05, 0) is 79.3 Å². The molecule has 0 spiro atoms. The zero-order valence-corrected chi connectivity index (χ0v) is 30.4. The van der Waals surface area contributed by atoms with Crippen LogP contribution < -0.4 is 14.2 Å². The lowest BCUT2D eigenvalue weighted by Gasteiger charge is -2.33. The first-order valence-electron chi connectivity index (χ1n) is 17.8. The van der Waals surface area contributed by atoms with Crippen LogP contribution in [-0.2, 0) is 29.3 Å². The Kier molecular flexibility index (Phi) is 12.5. The zero-order valence-electron chi connectivity index (χ0n) is 29.7. The Labute approximate surface area is 314 Å². The van der Waals surface area contributed by atoms with Crippen molar-refractivity contribution in [1.82, 2.24) is 14.8 Å². The van der Waals surface area contributed by atoms with Crippen molar-refractivity contribution in [3.63, 3.8) is 0 Å². The van der Waals surface area contributed by atoms with E-state index in [1.54, 1.807) is 29.3 Å². The third-order valence-corrected chi connectivity index (χ3v) is 10.1. The Morgan fingerprint density at radius 3 is 2.58 bits per heavy atom. The van der Waals surface area contributed by atoms with Crippen LogP contribution in [0.15, 0.2) is 73.1 Å². The average Bonchev–Trinajstić information content (AvgIpc) is 3.61. The number of hydrogen-bond donors (Lipinski definition) is 2. The van der Waals surface area contributed by atoms with Gasteiger partial charge in [0.25, 0.3) is 0 Å². The Morgan fingerprint density at radius 2 is 1.79 bits per heavy atom. The summed E-state index contributed by atoms with van der Waals surface area (Å²) in [6.07, 6.45) is 5.88. The molecule has 4 aromatic rings. The Hall–Kier alpha value is -5.15. The molecule has 0 bridgehead atoms. The van der Waals surface area contributed by atoms with Crippen LogP contribution in [0.25, 0.3) is 11.1 Å². The van der Waals surface area contributed by atoms with Crippen LogP contribution >= 0.6 is 11.6 Å². The van der Waals surface area contributed by atoms with Gasteiger partial charge >= 0.3 is 5.97 Å².